The summed E-state index contributed by atoms with van der Waals surface area (Å²) in [6.45, 7) is 0.677. The van der Waals surface area contributed by atoms with Gasteiger partial charge in [-0.05, 0) is 54.1 Å². The fourth-order valence-corrected chi connectivity index (χ4v) is 8.18. The second-order valence-electron chi connectivity index (χ2n) is 7.49. The van der Waals surface area contributed by atoms with E-state index < -0.39 is 7.26 Å². The molecule has 5 heteroatoms. The molecule has 0 bridgehead atoms. The standard InChI is InChI=1S/C27H22N2OP.BrH/c30-27(21-16-17-22-19-28-29-20-23(22)18-21)31(24-10-4-1-5-11-24,25-12-6-2-7-13-25)26-14-8-3-9-15-26;/h1-18,20,28H,19H2;1H/q+1;/p-1. The highest BCUT2D eigenvalue weighted by Crippen LogP contribution is 2.57. The van der Waals surface area contributed by atoms with E-state index in [1.54, 1.807) is 6.21 Å². The molecule has 0 spiro atoms. The molecule has 4 aromatic carbocycles. The predicted octanol–water partition coefficient (Wildman–Crippen LogP) is 1.26. The van der Waals surface area contributed by atoms with Crippen LogP contribution in [0.5, 0.6) is 0 Å². The van der Waals surface area contributed by atoms with Gasteiger partial charge in [0.15, 0.2) is 7.26 Å². The molecule has 0 aromatic heterocycles. The second-order valence-corrected chi connectivity index (χ2v) is 10.8. The van der Waals surface area contributed by atoms with Crippen LogP contribution >= 0.6 is 7.26 Å². The fraction of sp³-hybridized carbons (Fsp3) is 0.0370. The highest BCUT2D eigenvalue weighted by molar-refractivity contribution is 8.08. The van der Waals surface area contributed by atoms with E-state index in [1.165, 1.54) is 0 Å². The number of halogens is 1. The number of rotatable bonds is 5. The summed E-state index contributed by atoms with van der Waals surface area (Å²) in [4.78, 5) is 14.5. The Labute approximate surface area is 199 Å². The summed E-state index contributed by atoms with van der Waals surface area (Å²) in [6.07, 6.45) is 1.79. The Morgan fingerprint density at radius 1 is 0.719 bits per heavy atom. The lowest BCUT2D eigenvalue weighted by molar-refractivity contribution is -0.0000127. The Morgan fingerprint density at radius 2 is 1.22 bits per heavy atom. The van der Waals surface area contributed by atoms with Crippen molar-refractivity contribution in [2.24, 2.45) is 5.10 Å². The summed E-state index contributed by atoms with van der Waals surface area (Å²) in [5, 5.41) is 7.36. The van der Waals surface area contributed by atoms with Crippen LogP contribution in [-0.4, -0.2) is 11.7 Å². The lowest BCUT2D eigenvalue weighted by Crippen LogP contribution is -3.00. The maximum atomic E-state index is 14.5. The number of hydrogen-bond donors (Lipinski definition) is 1. The zero-order valence-electron chi connectivity index (χ0n) is 17.4. The monoisotopic (exact) mass is 500 g/mol. The van der Waals surface area contributed by atoms with Crippen molar-refractivity contribution in [2.45, 2.75) is 6.54 Å². The Balaban J connectivity index is 0.00000245. The van der Waals surface area contributed by atoms with Gasteiger partial charge >= 0.3 is 5.52 Å². The third kappa shape index (κ3) is 3.81. The van der Waals surface area contributed by atoms with Gasteiger partial charge in [-0.15, -0.1) is 0 Å². The van der Waals surface area contributed by atoms with Crippen LogP contribution in [0.4, 0.5) is 0 Å². The summed E-state index contributed by atoms with van der Waals surface area (Å²) >= 11 is 0. The van der Waals surface area contributed by atoms with Gasteiger partial charge in [-0.25, -0.2) is 4.79 Å². The molecule has 5 rings (SSSR count). The van der Waals surface area contributed by atoms with Crippen LogP contribution in [0.2, 0.25) is 0 Å². The van der Waals surface area contributed by atoms with E-state index in [0.717, 1.165) is 32.6 Å². The predicted molar refractivity (Wildman–Crippen MR) is 130 cm³/mol. The molecule has 1 aliphatic rings. The highest BCUT2D eigenvalue weighted by atomic mass is 79.9. The molecule has 0 saturated carbocycles. The highest BCUT2D eigenvalue weighted by Gasteiger charge is 2.53. The number of nitrogens with zero attached hydrogens (tertiary/aromatic N) is 1. The first kappa shape index (κ1) is 22.1. The third-order valence-corrected chi connectivity index (χ3v) is 9.78. The molecule has 0 amide bonds. The molecule has 0 aliphatic carbocycles. The second kappa shape index (κ2) is 9.60. The van der Waals surface area contributed by atoms with Crippen molar-refractivity contribution in [2.75, 3.05) is 0 Å². The molecule has 158 valence electrons. The van der Waals surface area contributed by atoms with Crippen molar-refractivity contribution in [3.8, 4) is 0 Å². The molecular weight excluding hydrogens is 479 g/mol. The number of hydrogen-bond acceptors (Lipinski definition) is 3. The number of carbonyl (C=O) groups excluding carboxylic acids is 1. The van der Waals surface area contributed by atoms with E-state index in [-0.39, 0.29) is 22.5 Å². The largest absolute Gasteiger partial charge is 1.00 e. The number of carbonyl (C=O) groups is 1. The van der Waals surface area contributed by atoms with Crippen molar-refractivity contribution >= 4 is 34.9 Å². The van der Waals surface area contributed by atoms with Crippen LogP contribution < -0.4 is 38.3 Å². The molecule has 0 unspecified atom stereocenters. The minimum atomic E-state index is -2.60. The van der Waals surface area contributed by atoms with Crippen LogP contribution in [0.25, 0.3) is 0 Å². The topological polar surface area (TPSA) is 41.5 Å². The summed E-state index contributed by atoms with van der Waals surface area (Å²) in [5.74, 6) is 0. The molecule has 0 saturated heterocycles. The molecule has 32 heavy (non-hydrogen) atoms. The first-order valence-corrected chi connectivity index (χ1v) is 12.1. The number of nitrogens with one attached hydrogen (secondary N) is 1. The van der Waals surface area contributed by atoms with Crippen LogP contribution in [0.3, 0.4) is 0 Å². The summed E-state index contributed by atoms with van der Waals surface area (Å²) < 4.78 is 0. The number of benzene rings is 4. The molecule has 1 aliphatic heterocycles. The van der Waals surface area contributed by atoms with Crippen LogP contribution in [0.1, 0.15) is 21.5 Å². The van der Waals surface area contributed by atoms with E-state index in [0.29, 0.717) is 6.54 Å². The van der Waals surface area contributed by atoms with Gasteiger partial charge in [-0.1, -0.05) is 60.7 Å². The normalized spacial score (nSPS) is 12.2. The van der Waals surface area contributed by atoms with Crippen LogP contribution in [-0.2, 0) is 6.54 Å². The van der Waals surface area contributed by atoms with Crippen molar-refractivity contribution in [3.05, 3.63) is 126 Å². The van der Waals surface area contributed by atoms with Gasteiger partial charge in [0.25, 0.3) is 0 Å². The van der Waals surface area contributed by atoms with Gasteiger partial charge in [0.05, 0.1) is 18.3 Å². The molecule has 0 fully saturated rings. The summed E-state index contributed by atoms with van der Waals surface area (Å²) in [6, 6.07) is 36.7. The van der Waals surface area contributed by atoms with Gasteiger partial charge in [-0.3, -0.25) is 0 Å². The summed E-state index contributed by atoms with van der Waals surface area (Å²) in [5.41, 5.74) is 6.01. The molecule has 1 heterocycles. The minimum absolute atomic E-state index is 0. The van der Waals surface area contributed by atoms with Gasteiger partial charge in [0, 0.05) is 5.56 Å². The molecule has 0 radical (unpaired) electrons. The van der Waals surface area contributed by atoms with E-state index in [1.807, 2.05) is 72.8 Å². The van der Waals surface area contributed by atoms with Crippen molar-refractivity contribution in [3.63, 3.8) is 0 Å². The van der Waals surface area contributed by atoms with E-state index in [2.05, 4.69) is 46.9 Å². The number of hydrazone groups is 1. The first-order valence-electron chi connectivity index (χ1n) is 10.3. The average Bonchev–Trinajstić information content (AvgIpc) is 2.86. The maximum absolute atomic E-state index is 14.5. The lowest BCUT2D eigenvalue weighted by atomic mass is 10.0. The molecule has 4 aromatic rings. The molecule has 1 N–H and O–H groups in total. The number of fused-ring (bicyclic) bond motifs is 1. The Morgan fingerprint density at radius 3 is 1.72 bits per heavy atom. The third-order valence-electron chi connectivity index (χ3n) is 5.69. The van der Waals surface area contributed by atoms with Gasteiger partial charge in [0.2, 0.25) is 0 Å². The van der Waals surface area contributed by atoms with Gasteiger partial charge in [0.1, 0.15) is 15.9 Å². The average molecular weight is 501 g/mol. The minimum Gasteiger partial charge on any atom is -1.00 e. The Bertz CT molecular complexity index is 1150. The van der Waals surface area contributed by atoms with E-state index in [4.69, 9.17) is 0 Å². The van der Waals surface area contributed by atoms with E-state index in [9.17, 15) is 4.79 Å². The van der Waals surface area contributed by atoms with Crippen molar-refractivity contribution in [1.29, 1.82) is 0 Å². The lowest BCUT2D eigenvalue weighted by Gasteiger charge is -2.25. The van der Waals surface area contributed by atoms with Gasteiger partial charge < -0.3 is 22.4 Å². The SMILES string of the molecule is O=C(c1ccc2c(c1)C=NNC2)[P+](c1ccccc1)(c1ccccc1)c1ccccc1.[Br-]. The van der Waals surface area contributed by atoms with Crippen LogP contribution in [0, 0.1) is 0 Å². The zero-order chi connectivity index (χ0) is 21.1. The fourth-order valence-electron chi connectivity index (χ4n) is 4.20. The maximum Gasteiger partial charge on any atom is 0.313 e. The summed E-state index contributed by atoms with van der Waals surface area (Å²) in [7, 11) is -2.60. The first-order chi connectivity index (χ1) is 15.3. The molecule has 3 nitrogen and oxygen atoms in total. The smallest absolute Gasteiger partial charge is 0.313 e. The quantitative estimate of drug-likeness (QED) is 0.419. The van der Waals surface area contributed by atoms with Crippen molar-refractivity contribution < 1.29 is 21.8 Å². The van der Waals surface area contributed by atoms with Gasteiger partial charge in [-0.2, -0.15) is 5.10 Å². The Hall–Kier alpha value is -3.07. The Kier molecular flexibility index (Phi) is 6.64. The zero-order valence-corrected chi connectivity index (χ0v) is 19.8. The van der Waals surface area contributed by atoms with Crippen LogP contribution in [0.15, 0.2) is 114 Å². The van der Waals surface area contributed by atoms with Crippen molar-refractivity contribution in [1.82, 2.24) is 5.43 Å². The molecular formula is C27H22BrN2OP. The molecule has 0 atom stereocenters. The van der Waals surface area contributed by atoms with E-state index >= 15 is 0 Å².